The third-order valence-electron chi connectivity index (χ3n) is 5.49. The van der Waals surface area contributed by atoms with Crippen LogP contribution in [0.1, 0.15) is 18.7 Å². The first-order valence-corrected chi connectivity index (χ1v) is 10.5. The summed E-state index contributed by atoms with van der Waals surface area (Å²) in [5.74, 6) is 0.869. The van der Waals surface area contributed by atoms with Gasteiger partial charge >= 0.3 is 0 Å². The van der Waals surface area contributed by atoms with Crippen LogP contribution in [0.15, 0.2) is 64.0 Å². The maximum atomic E-state index is 5.40. The molecular weight excluding hydrogens is 395 g/mol. The Morgan fingerprint density at radius 3 is 2.97 bits per heavy atom. The van der Waals surface area contributed by atoms with Gasteiger partial charge < -0.3 is 10.1 Å². The van der Waals surface area contributed by atoms with E-state index in [1.54, 1.807) is 7.11 Å². The highest BCUT2D eigenvalue weighted by Crippen LogP contribution is 2.26. The first kappa shape index (κ1) is 19.2. The van der Waals surface area contributed by atoms with Crippen molar-refractivity contribution >= 4 is 32.6 Å². The smallest absolute Gasteiger partial charge is 0.160 e. The number of ether oxygens (including phenoxy) is 1. The average Bonchev–Trinajstić information content (AvgIpc) is 3.19. The number of rotatable bonds is 5. The fourth-order valence-corrected chi connectivity index (χ4v) is 4.15. The van der Waals surface area contributed by atoms with E-state index in [2.05, 4.69) is 75.7 Å². The van der Waals surface area contributed by atoms with E-state index >= 15 is 0 Å². The predicted octanol–water partition coefficient (Wildman–Crippen LogP) is 2.53. The van der Waals surface area contributed by atoms with Crippen molar-refractivity contribution in [3.63, 3.8) is 0 Å². The van der Waals surface area contributed by atoms with Crippen LogP contribution in [0.3, 0.4) is 0 Å². The van der Waals surface area contributed by atoms with Gasteiger partial charge in [-0.15, -0.1) is 19.4 Å². The molecular formula is C22H23N6OP. The standard InChI is InChI=1S/C22H23N6OP/c1-29-16-10-19-22(25-11-16)18(7-8-23-19)24-12-21-27-26-20-6-5-15(13-28(20)21)14-3-2-4-17(30)9-14/h2-6,8-9,11,13,16,18,24H,7,10,12,30H2,1H3. The summed E-state index contributed by atoms with van der Waals surface area (Å²) in [5, 5.41) is 13.5. The van der Waals surface area contributed by atoms with E-state index < -0.39 is 0 Å². The molecule has 30 heavy (non-hydrogen) atoms. The Kier molecular flexibility index (Phi) is 5.25. The molecule has 0 radical (unpaired) electrons. The van der Waals surface area contributed by atoms with Crippen molar-refractivity contribution in [2.24, 2.45) is 9.98 Å². The maximum absolute atomic E-state index is 5.40. The van der Waals surface area contributed by atoms with E-state index in [4.69, 9.17) is 4.74 Å². The molecule has 0 spiro atoms. The Bertz CT molecular complexity index is 1180. The molecule has 152 valence electrons. The summed E-state index contributed by atoms with van der Waals surface area (Å²) in [6.07, 6.45) is 7.49. The molecule has 1 aromatic carbocycles. The van der Waals surface area contributed by atoms with Crippen LogP contribution in [0.2, 0.25) is 0 Å². The van der Waals surface area contributed by atoms with Gasteiger partial charge in [0, 0.05) is 38.6 Å². The van der Waals surface area contributed by atoms with Gasteiger partial charge in [-0.05, 0) is 34.6 Å². The minimum Gasteiger partial charge on any atom is -0.375 e. The minimum absolute atomic E-state index is 0.00136. The molecule has 0 fully saturated rings. The van der Waals surface area contributed by atoms with Gasteiger partial charge in [-0.2, -0.15) is 0 Å². The average molecular weight is 418 g/mol. The number of nitrogens with one attached hydrogen (secondary N) is 1. The highest BCUT2D eigenvalue weighted by atomic mass is 31.0. The molecule has 5 rings (SSSR count). The summed E-state index contributed by atoms with van der Waals surface area (Å²) in [7, 11) is 4.45. The van der Waals surface area contributed by atoms with E-state index in [9.17, 15) is 0 Å². The highest BCUT2D eigenvalue weighted by molar-refractivity contribution is 7.27. The summed E-state index contributed by atoms with van der Waals surface area (Å²) in [5.41, 5.74) is 5.13. The number of nitrogens with zero attached hydrogens (tertiary/aromatic N) is 5. The second-order valence-electron chi connectivity index (χ2n) is 7.46. The van der Waals surface area contributed by atoms with Crippen LogP contribution in [0.25, 0.3) is 16.8 Å². The zero-order valence-electron chi connectivity index (χ0n) is 16.7. The lowest BCUT2D eigenvalue weighted by atomic mass is 10.0. The third-order valence-corrected chi connectivity index (χ3v) is 5.85. The van der Waals surface area contributed by atoms with E-state index in [1.807, 2.05) is 18.5 Å². The summed E-state index contributed by atoms with van der Waals surface area (Å²) in [6.45, 7) is 0.590. The molecule has 2 aliphatic rings. The van der Waals surface area contributed by atoms with Gasteiger partial charge in [-0.3, -0.25) is 14.4 Å². The molecule has 2 aromatic heterocycles. The van der Waals surface area contributed by atoms with E-state index in [1.165, 1.54) is 5.56 Å². The quantitative estimate of drug-likeness (QED) is 0.646. The molecule has 2 aliphatic heterocycles. The number of hydrogen-bond acceptors (Lipinski definition) is 6. The first-order chi connectivity index (χ1) is 14.7. The molecule has 0 saturated heterocycles. The molecule has 7 nitrogen and oxygen atoms in total. The molecule has 8 heteroatoms. The summed E-state index contributed by atoms with van der Waals surface area (Å²) in [4.78, 5) is 9.15. The fourth-order valence-electron chi connectivity index (χ4n) is 3.86. The van der Waals surface area contributed by atoms with Crippen molar-refractivity contribution in [2.45, 2.75) is 31.5 Å². The van der Waals surface area contributed by atoms with Crippen molar-refractivity contribution in [2.75, 3.05) is 7.11 Å². The zero-order valence-corrected chi connectivity index (χ0v) is 17.8. The van der Waals surface area contributed by atoms with Gasteiger partial charge in [0.2, 0.25) is 0 Å². The SMILES string of the molecule is COC1C=NC2=C(C1)N=CCC2NCc1nnc2ccc(-c3cccc(P)c3)cn12. The lowest BCUT2D eigenvalue weighted by Gasteiger charge is -2.26. The zero-order chi connectivity index (χ0) is 20.5. The Morgan fingerprint density at radius 1 is 1.17 bits per heavy atom. The van der Waals surface area contributed by atoms with Crippen molar-refractivity contribution in [1.29, 1.82) is 0 Å². The van der Waals surface area contributed by atoms with Crippen molar-refractivity contribution in [3.05, 3.63) is 59.8 Å². The van der Waals surface area contributed by atoms with Crippen molar-refractivity contribution in [3.8, 4) is 11.1 Å². The Morgan fingerprint density at radius 2 is 2.10 bits per heavy atom. The molecule has 0 aliphatic carbocycles. The third kappa shape index (κ3) is 3.72. The Hall–Kier alpha value is -2.73. The second kappa shape index (κ2) is 8.19. The molecule has 3 aromatic rings. The fraction of sp³-hybridized carbons (Fsp3) is 0.273. The molecule has 0 bridgehead atoms. The predicted molar refractivity (Wildman–Crippen MR) is 122 cm³/mol. The van der Waals surface area contributed by atoms with Gasteiger partial charge in [0.25, 0.3) is 0 Å². The lowest BCUT2D eigenvalue weighted by Crippen LogP contribution is -2.35. The van der Waals surface area contributed by atoms with Crippen LogP contribution in [-0.2, 0) is 11.3 Å². The number of aromatic nitrogens is 3. The van der Waals surface area contributed by atoms with Gasteiger partial charge in [-0.1, -0.05) is 18.2 Å². The Balaban J connectivity index is 1.37. The van der Waals surface area contributed by atoms with Crippen molar-refractivity contribution in [1.82, 2.24) is 19.9 Å². The number of pyridine rings is 1. The van der Waals surface area contributed by atoms with Gasteiger partial charge in [0.05, 0.1) is 30.1 Å². The lowest BCUT2D eigenvalue weighted by molar-refractivity contribution is 0.157. The monoisotopic (exact) mass is 418 g/mol. The molecule has 3 atom stereocenters. The molecule has 1 N–H and O–H groups in total. The maximum Gasteiger partial charge on any atom is 0.160 e. The topological polar surface area (TPSA) is 76.2 Å². The first-order valence-electron chi connectivity index (χ1n) is 9.97. The van der Waals surface area contributed by atoms with Crippen LogP contribution < -0.4 is 10.6 Å². The normalized spacial score (nSPS) is 20.7. The second-order valence-corrected chi connectivity index (χ2v) is 8.12. The van der Waals surface area contributed by atoms with Gasteiger partial charge in [-0.25, -0.2) is 0 Å². The van der Waals surface area contributed by atoms with E-state index in [-0.39, 0.29) is 12.1 Å². The minimum atomic E-state index is -0.00136. The summed E-state index contributed by atoms with van der Waals surface area (Å²) in [6, 6.07) is 12.6. The van der Waals surface area contributed by atoms with Gasteiger partial charge in [0.1, 0.15) is 0 Å². The summed E-state index contributed by atoms with van der Waals surface area (Å²) < 4.78 is 7.45. The Labute approximate surface area is 177 Å². The van der Waals surface area contributed by atoms with Crippen LogP contribution >= 0.6 is 9.24 Å². The van der Waals surface area contributed by atoms with Crippen LogP contribution in [0.5, 0.6) is 0 Å². The number of methoxy groups -OCH3 is 1. The van der Waals surface area contributed by atoms with Crippen LogP contribution in [0.4, 0.5) is 0 Å². The number of benzene rings is 1. The molecule has 3 unspecified atom stereocenters. The highest BCUT2D eigenvalue weighted by Gasteiger charge is 2.25. The summed E-state index contributed by atoms with van der Waals surface area (Å²) >= 11 is 0. The number of fused-ring (bicyclic) bond motifs is 1. The van der Waals surface area contributed by atoms with Gasteiger partial charge in [0.15, 0.2) is 11.5 Å². The van der Waals surface area contributed by atoms with E-state index in [0.29, 0.717) is 6.54 Å². The molecule has 4 heterocycles. The molecule has 0 amide bonds. The number of hydrogen-bond donors (Lipinski definition) is 1. The molecule has 0 saturated carbocycles. The van der Waals surface area contributed by atoms with Crippen LogP contribution in [0, 0.1) is 0 Å². The largest absolute Gasteiger partial charge is 0.375 e. The van der Waals surface area contributed by atoms with E-state index in [0.717, 1.165) is 46.6 Å². The number of aliphatic imine (C=N–C) groups is 2. The van der Waals surface area contributed by atoms with Crippen molar-refractivity contribution < 1.29 is 4.74 Å². The van der Waals surface area contributed by atoms with Crippen LogP contribution in [-0.4, -0.2) is 46.3 Å².